The molecule has 0 fully saturated rings. The van der Waals surface area contributed by atoms with E-state index in [1.807, 2.05) is 42.5 Å². The van der Waals surface area contributed by atoms with Gasteiger partial charge in [0, 0.05) is 17.8 Å². The predicted molar refractivity (Wildman–Crippen MR) is 83.8 cm³/mol. The summed E-state index contributed by atoms with van der Waals surface area (Å²) < 4.78 is 6.63. The van der Waals surface area contributed by atoms with Gasteiger partial charge in [0.25, 0.3) is 5.56 Å². The van der Waals surface area contributed by atoms with Crippen LogP contribution in [-0.4, -0.2) is 21.9 Å². The molecule has 0 aliphatic heterocycles. The summed E-state index contributed by atoms with van der Waals surface area (Å²) in [6.07, 6.45) is 1.70. The maximum absolute atomic E-state index is 12.0. The van der Waals surface area contributed by atoms with Gasteiger partial charge in [-0.2, -0.15) is 5.10 Å². The van der Waals surface area contributed by atoms with Gasteiger partial charge in [0.2, 0.25) is 0 Å². The Morgan fingerprint density at radius 3 is 2.77 bits per heavy atom. The Labute approximate surface area is 127 Å². The monoisotopic (exact) mass is 293 g/mol. The van der Waals surface area contributed by atoms with Crippen molar-refractivity contribution in [2.45, 2.75) is 6.54 Å². The van der Waals surface area contributed by atoms with E-state index < -0.39 is 0 Å². The molecule has 0 amide bonds. The molecule has 1 aromatic carbocycles. The molecule has 3 rings (SSSR count). The minimum Gasteiger partial charge on any atom is -0.497 e. The molecular weight excluding hydrogens is 278 g/mol. The highest BCUT2D eigenvalue weighted by atomic mass is 16.5. The lowest BCUT2D eigenvalue weighted by Gasteiger charge is -2.08. The second-order valence-corrected chi connectivity index (χ2v) is 4.77. The molecule has 0 N–H and O–H groups in total. The molecule has 0 aliphatic rings. The zero-order valence-electron chi connectivity index (χ0n) is 12.1. The van der Waals surface area contributed by atoms with Gasteiger partial charge in [-0.15, -0.1) is 0 Å². The number of nitrogens with zero attached hydrogens (tertiary/aromatic N) is 3. The summed E-state index contributed by atoms with van der Waals surface area (Å²) in [5.41, 5.74) is 2.25. The lowest BCUT2D eigenvalue weighted by atomic mass is 10.1. The van der Waals surface area contributed by atoms with E-state index in [0.717, 1.165) is 22.7 Å². The second-order valence-electron chi connectivity index (χ2n) is 4.77. The van der Waals surface area contributed by atoms with Crippen LogP contribution in [0.2, 0.25) is 0 Å². The van der Waals surface area contributed by atoms with Gasteiger partial charge in [-0.25, -0.2) is 4.68 Å². The Kier molecular flexibility index (Phi) is 3.96. The van der Waals surface area contributed by atoms with Crippen LogP contribution in [0.3, 0.4) is 0 Å². The van der Waals surface area contributed by atoms with Gasteiger partial charge in [-0.3, -0.25) is 9.78 Å². The fourth-order valence-electron chi connectivity index (χ4n) is 2.14. The highest BCUT2D eigenvalue weighted by molar-refractivity contribution is 5.60. The van der Waals surface area contributed by atoms with Gasteiger partial charge < -0.3 is 4.74 Å². The number of hydrogen-bond donors (Lipinski definition) is 0. The number of methoxy groups -OCH3 is 1. The zero-order chi connectivity index (χ0) is 15.4. The zero-order valence-corrected chi connectivity index (χ0v) is 12.1. The molecule has 5 nitrogen and oxygen atoms in total. The van der Waals surface area contributed by atoms with E-state index in [-0.39, 0.29) is 5.56 Å². The Morgan fingerprint density at radius 2 is 2.00 bits per heavy atom. The van der Waals surface area contributed by atoms with Crippen LogP contribution in [0, 0.1) is 0 Å². The van der Waals surface area contributed by atoms with Crippen molar-refractivity contribution in [3.05, 3.63) is 76.8 Å². The first-order chi connectivity index (χ1) is 10.8. The summed E-state index contributed by atoms with van der Waals surface area (Å²) in [5.74, 6) is 0.752. The Morgan fingerprint density at radius 1 is 1.09 bits per heavy atom. The molecule has 22 heavy (non-hydrogen) atoms. The van der Waals surface area contributed by atoms with Crippen molar-refractivity contribution in [2.75, 3.05) is 7.11 Å². The van der Waals surface area contributed by atoms with Crippen molar-refractivity contribution in [2.24, 2.45) is 0 Å². The number of hydrogen-bond acceptors (Lipinski definition) is 4. The van der Waals surface area contributed by atoms with Crippen LogP contribution in [0.25, 0.3) is 11.3 Å². The number of aromatic nitrogens is 3. The van der Waals surface area contributed by atoms with Crippen LogP contribution in [0.15, 0.2) is 65.6 Å². The van der Waals surface area contributed by atoms with Gasteiger partial charge in [0.05, 0.1) is 25.0 Å². The fraction of sp³-hybridized carbons (Fsp3) is 0.118. The van der Waals surface area contributed by atoms with E-state index in [1.54, 1.807) is 19.4 Å². The van der Waals surface area contributed by atoms with Crippen molar-refractivity contribution in [1.29, 1.82) is 0 Å². The highest BCUT2D eigenvalue weighted by Crippen LogP contribution is 2.21. The lowest BCUT2D eigenvalue weighted by molar-refractivity contribution is 0.415. The van der Waals surface area contributed by atoms with Crippen LogP contribution >= 0.6 is 0 Å². The van der Waals surface area contributed by atoms with Crippen LogP contribution in [0.4, 0.5) is 0 Å². The maximum atomic E-state index is 12.0. The molecule has 3 aromatic rings. The summed E-state index contributed by atoms with van der Waals surface area (Å²) in [7, 11) is 1.62. The van der Waals surface area contributed by atoms with Gasteiger partial charge in [0.15, 0.2) is 0 Å². The van der Waals surface area contributed by atoms with E-state index >= 15 is 0 Å². The Hall–Kier alpha value is -2.95. The summed E-state index contributed by atoms with van der Waals surface area (Å²) in [4.78, 5) is 16.2. The standard InChI is InChI=1S/C17H15N3O2/c1-22-15-7-4-5-13(11-15)16-8-9-17(21)20(19-16)12-14-6-2-3-10-18-14/h2-11H,12H2,1H3. The highest BCUT2D eigenvalue weighted by Gasteiger charge is 2.05. The van der Waals surface area contributed by atoms with Crippen LogP contribution in [-0.2, 0) is 6.54 Å². The molecule has 110 valence electrons. The quantitative estimate of drug-likeness (QED) is 0.741. The molecule has 0 unspecified atom stereocenters. The third kappa shape index (κ3) is 3.03. The molecule has 0 saturated heterocycles. The van der Waals surface area contributed by atoms with Crippen molar-refractivity contribution in [3.8, 4) is 17.0 Å². The van der Waals surface area contributed by atoms with Crippen molar-refractivity contribution >= 4 is 0 Å². The van der Waals surface area contributed by atoms with Gasteiger partial charge in [0.1, 0.15) is 5.75 Å². The third-order valence-corrected chi connectivity index (χ3v) is 3.27. The van der Waals surface area contributed by atoms with Gasteiger partial charge >= 0.3 is 0 Å². The van der Waals surface area contributed by atoms with Gasteiger partial charge in [-0.1, -0.05) is 18.2 Å². The van der Waals surface area contributed by atoms with Crippen molar-refractivity contribution in [3.63, 3.8) is 0 Å². The van der Waals surface area contributed by atoms with Gasteiger partial charge in [-0.05, 0) is 30.3 Å². The second kappa shape index (κ2) is 6.22. The molecule has 2 aromatic heterocycles. The summed E-state index contributed by atoms with van der Waals surface area (Å²) in [6, 6.07) is 16.4. The Balaban J connectivity index is 1.97. The molecule has 0 atom stereocenters. The number of ether oxygens (including phenoxy) is 1. The minimum absolute atomic E-state index is 0.155. The molecule has 0 radical (unpaired) electrons. The molecule has 0 aliphatic carbocycles. The SMILES string of the molecule is COc1cccc(-c2ccc(=O)n(Cc3ccccn3)n2)c1. The molecule has 2 heterocycles. The number of benzene rings is 1. The smallest absolute Gasteiger partial charge is 0.267 e. The largest absolute Gasteiger partial charge is 0.497 e. The first-order valence-electron chi connectivity index (χ1n) is 6.89. The molecule has 0 saturated carbocycles. The minimum atomic E-state index is -0.155. The lowest BCUT2D eigenvalue weighted by Crippen LogP contribution is -2.23. The van der Waals surface area contributed by atoms with Crippen molar-refractivity contribution in [1.82, 2.24) is 14.8 Å². The summed E-state index contributed by atoms with van der Waals surface area (Å²) in [6.45, 7) is 0.345. The van der Waals surface area contributed by atoms with E-state index in [0.29, 0.717) is 6.54 Å². The molecule has 0 spiro atoms. The van der Waals surface area contributed by atoms with E-state index in [9.17, 15) is 4.79 Å². The topological polar surface area (TPSA) is 57.0 Å². The third-order valence-electron chi connectivity index (χ3n) is 3.27. The van der Waals surface area contributed by atoms with E-state index in [2.05, 4.69) is 10.1 Å². The fourth-order valence-corrected chi connectivity index (χ4v) is 2.14. The molecule has 5 heteroatoms. The predicted octanol–water partition coefficient (Wildman–Crippen LogP) is 2.36. The average molecular weight is 293 g/mol. The first-order valence-corrected chi connectivity index (χ1v) is 6.89. The first kappa shape index (κ1) is 14.0. The van der Waals surface area contributed by atoms with E-state index in [1.165, 1.54) is 10.7 Å². The Bertz CT molecular complexity index is 829. The number of pyridine rings is 1. The molecule has 0 bridgehead atoms. The van der Waals surface area contributed by atoms with Crippen LogP contribution < -0.4 is 10.3 Å². The normalized spacial score (nSPS) is 10.4. The van der Waals surface area contributed by atoms with Crippen molar-refractivity contribution < 1.29 is 4.74 Å². The average Bonchev–Trinajstić information content (AvgIpc) is 2.58. The molecular formula is C17H15N3O2. The van der Waals surface area contributed by atoms with Crippen LogP contribution in [0.5, 0.6) is 5.75 Å². The van der Waals surface area contributed by atoms with E-state index in [4.69, 9.17) is 4.74 Å². The summed E-state index contributed by atoms with van der Waals surface area (Å²) in [5, 5.41) is 4.42. The summed E-state index contributed by atoms with van der Waals surface area (Å²) >= 11 is 0. The maximum Gasteiger partial charge on any atom is 0.267 e. The number of rotatable bonds is 4. The van der Waals surface area contributed by atoms with Crippen LogP contribution in [0.1, 0.15) is 5.69 Å².